The van der Waals surface area contributed by atoms with E-state index in [1.165, 1.54) is 0 Å². The third-order valence-electron chi connectivity index (χ3n) is 1.33. The molecule has 1 rings (SSSR count). The lowest BCUT2D eigenvalue weighted by atomic mass is 10.3. The lowest BCUT2D eigenvalue weighted by molar-refractivity contribution is -0.275. The summed E-state index contributed by atoms with van der Waals surface area (Å²) in [4.78, 5) is -1.03. The molecular weight excluding hydrogens is 240 g/mol. The highest BCUT2D eigenvalue weighted by Crippen LogP contribution is 2.29. The number of benzene rings is 1. The summed E-state index contributed by atoms with van der Waals surface area (Å²) in [5.41, 5.74) is 0. The molecule has 15 heavy (non-hydrogen) atoms. The number of alkyl halides is 3. The highest BCUT2D eigenvalue weighted by Gasteiger charge is 2.33. The minimum absolute atomic E-state index is 0.750. The Morgan fingerprint density at radius 1 is 1.33 bits per heavy atom. The van der Waals surface area contributed by atoms with Crippen LogP contribution in [-0.4, -0.2) is 15.1 Å². The molecule has 1 unspecified atom stereocenters. The van der Waals surface area contributed by atoms with E-state index in [-0.39, 0.29) is 0 Å². The van der Waals surface area contributed by atoms with Crippen molar-refractivity contribution in [3.05, 3.63) is 24.0 Å². The Hall–Kier alpha value is -1.15. The summed E-state index contributed by atoms with van der Waals surface area (Å²) in [6.07, 6.45) is -5.04. The molecule has 8 heteroatoms. The molecule has 0 saturated carbocycles. The Kier molecular flexibility index (Phi) is 3.30. The van der Waals surface area contributed by atoms with Crippen molar-refractivity contribution >= 4 is 11.1 Å². The predicted octanol–water partition coefficient (Wildman–Crippen LogP) is 2.30. The fourth-order valence-corrected chi connectivity index (χ4v) is 1.38. The molecule has 0 aromatic heterocycles. The molecule has 0 aliphatic carbocycles. The van der Waals surface area contributed by atoms with Gasteiger partial charge in [0.1, 0.15) is 10.7 Å². The van der Waals surface area contributed by atoms with E-state index in [2.05, 4.69) is 4.74 Å². The van der Waals surface area contributed by atoms with Gasteiger partial charge in [0.15, 0.2) is 16.8 Å². The van der Waals surface area contributed by atoms with Crippen LogP contribution in [0.15, 0.2) is 23.1 Å². The normalized spacial score (nSPS) is 13.7. The van der Waals surface area contributed by atoms with E-state index in [0.717, 1.165) is 18.2 Å². The van der Waals surface area contributed by atoms with Gasteiger partial charge in [-0.15, -0.1) is 13.2 Å². The molecule has 84 valence electrons. The first-order valence-electron chi connectivity index (χ1n) is 3.46. The summed E-state index contributed by atoms with van der Waals surface area (Å²) in [6, 6.07) is 2.44. The Morgan fingerprint density at radius 2 is 1.93 bits per heavy atom. The van der Waals surface area contributed by atoms with E-state index in [0.29, 0.717) is 0 Å². The molecule has 1 aromatic rings. The van der Waals surface area contributed by atoms with Gasteiger partial charge in [0.05, 0.1) is 0 Å². The first kappa shape index (κ1) is 11.9. The molecule has 0 aliphatic heterocycles. The van der Waals surface area contributed by atoms with E-state index in [4.69, 9.17) is 4.55 Å². The summed E-state index contributed by atoms with van der Waals surface area (Å²) in [7, 11) is 0. The topological polar surface area (TPSA) is 46.5 Å². The number of ether oxygens (including phenoxy) is 1. The molecule has 0 amide bonds. The maximum atomic E-state index is 12.9. The third kappa shape index (κ3) is 3.17. The van der Waals surface area contributed by atoms with Crippen LogP contribution in [0.2, 0.25) is 0 Å². The lowest BCUT2D eigenvalue weighted by Crippen LogP contribution is -2.18. The van der Waals surface area contributed by atoms with Crippen LogP contribution in [-0.2, 0) is 11.1 Å². The van der Waals surface area contributed by atoms with Gasteiger partial charge in [0, 0.05) is 0 Å². The van der Waals surface area contributed by atoms with Crippen LogP contribution >= 0.6 is 0 Å². The van der Waals surface area contributed by atoms with Gasteiger partial charge in [0.2, 0.25) is 0 Å². The molecule has 0 saturated heterocycles. The second kappa shape index (κ2) is 4.15. The van der Waals surface area contributed by atoms with Gasteiger partial charge in [0.25, 0.3) is 0 Å². The SMILES string of the molecule is O=S(O)c1c(F)cccc1OC(F)(F)F. The average Bonchev–Trinajstić information content (AvgIpc) is 1.99. The van der Waals surface area contributed by atoms with Crippen molar-refractivity contribution in [3.8, 4) is 5.75 Å². The zero-order valence-electron chi connectivity index (χ0n) is 6.92. The minimum Gasteiger partial charge on any atom is -0.404 e. The molecule has 3 nitrogen and oxygen atoms in total. The zero-order valence-corrected chi connectivity index (χ0v) is 7.73. The second-order valence-corrected chi connectivity index (χ2v) is 3.27. The van der Waals surface area contributed by atoms with Gasteiger partial charge in [-0.3, -0.25) is 0 Å². The van der Waals surface area contributed by atoms with Gasteiger partial charge >= 0.3 is 6.36 Å². The lowest BCUT2D eigenvalue weighted by Gasteiger charge is -2.11. The monoisotopic (exact) mass is 244 g/mol. The molecule has 0 spiro atoms. The highest BCUT2D eigenvalue weighted by molar-refractivity contribution is 7.79. The molecule has 0 radical (unpaired) electrons. The summed E-state index contributed by atoms with van der Waals surface area (Å²) in [5.74, 6) is -2.26. The van der Waals surface area contributed by atoms with Crippen LogP contribution in [0.5, 0.6) is 5.75 Å². The van der Waals surface area contributed by atoms with E-state index in [1.54, 1.807) is 0 Å². The van der Waals surface area contributed by atoms with Crippen molar-refractivity contribution in [2.45, 2.75) is 11.3 Å². The fraction of sp³-hybridized carbons (Fsp3) is 0.143. The number of halogens is 4. The van der Waals surface area contributed by atoms with E-state index in [1.807, 2.05) is 0 Å². The summed E-state index contributed by atoms with van der Waals surface area (Å²) in [5, 5.41) is 0. The Labute approximate surface area is 83.9 Å². The van der Waals surface area contributed by atoms with Crippen molar-refractivity contribution < 1.29 is 31.1 Å². The molecular formula is C7H4F4O3S. The second-order valence-electron chi connectivity index (χ2n) is 2.36. The van der Waals surface area contributed by atoms with Gasteiger partial charge in [-0.05, 0) is 12.1 Å². The first-order chi connectivity index (χ1) is 6.81. The number of rotatable bonds is 2. The zero-order chi connectivity index (χ0) is 11.6. The number of hydrogen-bond donors (Lipinski definition) is 1. The van der Waals surface area contributed by atoms with Crippen molar-refractivity contribution in [1.29, 1.82) is 0 Å². The van der Waals surface area contributed by atoms with E-state index < -0.39 is 33.9 Å². The largest absolute Gasteiger partial charge is 0.573 e. The van der Waals surface area contributed by atoms with Gasteiger partial charge in [-0.25, -0.2) is 8.60 Å². The molecule has 0 aliphatic rings. The summed E-state index contributed by atoms with van der Waals surface area (Å²) < 4.78 is 70.8. The van der Waals surface area contributed by atoms with Crippen LogP contribution < -0.4 is 4.74 Å². The fourth-order valence-electron chi connectivity index (χ4n) is 0.864. The van der Waals surface area contributed by atoms with Gasteiger partial charge in [-0.1, -0.05) is 6.07 Å². The van der Waals surface area contributed by atoms with Crippen LogP contribution in [0, 0.1) is 5.82 Å². The average molecular weight is 244 g/mol. The van der Waals surface area contributed by atoms with Crippen LogP contribution in [0.4, 0.5) is 17.6 Å². The molecule has 1 N–H and O–H groups in total. The maximum Gasteiger partial charge on any atom is 0.573 e. The number of hydrogen-bond acceptors (Lipinski definition) is 2. The molecule has 0 bridgehead atoms. The maximum absolute atomic E-state index is 12.9. The van der Waals surface area contributed by atoms with Crippen molar-refractivity contribution in [1.82, 2.24) is 0 Å². The van der Waals surface area contributed by atoms with Crippen molar-refractivity contribution in [2.24, 2.45) is 0 Å². The highest BCUT2D eigenvalue weighted by atomic mass is 32.2. The van der Waals surface area contributed by atoms with Crippen molar-refractivity contribution in [3.63, 3.8) is 0 Å². The van der Waals surface area contributed by atoms with Crippen LogP contribution in [0.1, 0.15) is 0 Å². The molecule has 1 aromatic carbocycles. The Balaban J connectivity index is 3.18. The first-order valence-corrected chi connectivity index (χ1v) is 4.57. The summed E-state index contributed by atoms with van der Waals surface area (Å²) >= 11 is -2.89. The quantitative estimate of drug-likeness (QED) is 0.641. The van der Waals surface area contributed by atoms with Gasteiger partial charge < -0.3 is 9.29 Å². The Morgan fingerprint density at radius 3 is 2.40 bits per heavy atom. The van der Waals surface area contributed by atoms with Gasteiger partial charge in [-0.2, -0.15) is 0 Å². The smallest absolute Gasteiger partial charge is 0.404 e. The molecule has 0 fully saturated rings. The van der Waals surface area contributed by atoms with Crippen LogP contribution in [0.3, 0.4) is 0 Å². The standard InChI is InChI=1S/C7H4F4O3S/c8-4-2-1-3-5(6(4)15(12)13)14-7(9,10)11/h1-3H,(H,12,13). The minimum atomic E-state index is -5.04. The molecule has 0 heterocycles. The Bertz CT molecular complexity index is 390. The van der Waals surface area contributed by atoms with E-state index in [9.17, 15) is 21.8 Å². The predicted molar refractivity (Wildman–Crippen MR) is 42.1 cm³/mol. The molecule has 1 atom stereocenters. The third-order valence-corrected chi connectivity index (χ3v) is 2.08. The summed E-state index contributed by atoms with van der Waals surface area (Å²) in [6.45, 7) is 0. The van der Waals surface area contributed by atoms with Crippen LogP contribution in [0.25, 0.3) is 0 Å². The van der Waals surface area contributed by atoms with Crippen molar-refractivity contribution in [2.75, 3.05) is 0 Å². The van der Waals surface area contributed by atoms with E-state index >= 15 is 0 Å².